The molecular formula is C16H14ClN3OS. The van der Waals surface area contributed by atoms with Gasteiger partial charge < -0.3 is 4.90 Å². The highest BCUT2D eigenvalue weighted by Crippen LogP contribution is 2.23. The van der Waals surface area contributed by atoms with Crippen molar-refractivity contribution in [3.05, 3.63) is 64.1 Å². The van der Waals surface area contributed by atoms with Gasteiger partial charge in [0.15, 0.2) is 5.69 Å². The highest BCUT2D eigenvalue weighted by atomic mass is 35.5. The number of thiophene rings is 1. The van der Waals surface area contributed by atoms with E-state index in [1.54, 1.807) is 29.4 Å². The van der Waals surface area contributed by atoms with E-state index in [-0.39, 0.29) is 5.91 Å². The molecule has 2 aromatic heterocycles. The second-order valence-corrected chi connectivity index (χ2v) is 6.32. The van der Waals surface area contributed by atoms with Crippen LogP contribution in [0.2, 0.25) is 5.02 Å². The molecule has 0 unspecified atom stereocenters. The summed E-state index contributed by atoms with van der Waals surface area (Å²) < 4.78 is 0. The first-order valence-corrected chi connectivity index (χ1v) is 7.98. The van der Waals surface area contributed by atoms with Crippen LogP contribution in [0.1, 0.15) is 16.1 Å². The fourth-order valence-corrected chi connectivity index (χ4v) is 2.94. The molecule has 112 valence electrons. The van der Waals surface area contributed by atoms with Crippen LogP contribution >= 0.6 is 22.9 Å². The molecule has 2 heterocycles. The summed E-state index contributed by atoms with van der Waals surface area (Å²) in [6.45, 7) is 0.511. The predicted molar refractivity (Wildman–Crippen MR) is 89.2 cm³/mol. The number of halogens is 1. The first-order valence-electron chi connectivity index (χ1n) is 6.72. The monoisotopic (exact) mass is 331 g/mol. The molecule has 22 heavy (non-hydrogen) atoms. The second kappa shape index (κ2) is 6.34. The number of hydrogen-bond donors (Lipinski definition) is 1. The molecule has 0 atom stereocenters. The summed E-state index contributed by atoms with van der Waals surface area (Å²) in [5.74, 6) is -0.117. The summed E-state index contributed by atoms with van der Waals surface area (Å²) in [5, 5.41) is 9.71. The van der Waals surface area contributed by atoms with Gasteiger partial charge in [0, 0.05) is 18.6 Å². The minimum atomic E-state index is -0.117. The highest BCUT2D eigenvalue weighted by Gasteiger charge is 2.16. The van der Waals surface area contributed by atoms with Gasteiger partial charge >= 0.3 is 0 Å². The first-order chi connectivity index (χ1) is 10.6. The van der Waals surface area contributed by atoms with Crippen molar-refractivity contribution in [3.63, 3.8) is 0 Å². The number of nitrogens with zero attached hydrogens (tertiary/aromatic N) is 2. The van der Waals surface area contributed by atoms with Crippen molar-refractivity contribution < 1.29 is 4.79 Å². The van der Waals surface area contributed by atoms with Crippen LogP contribution < -0.4 is 0 Å². The van der Waals surface area contributed by atoms with E-state index in [0.717, 1.165) is 16.1 Å². The van der Waals surface area contributed by atoms with Gasteiger partial charge in [-0.1, -0.05) is 29.8 Å². The van der Waals surface area contributed by atoms with E-state index in [0.29, 0.717) is 17.3 Å². The van der Waals surface area contributed by atoms with Crippen LogP contribution in [0.4, 0.5) is 0 Å². The standard InChI is InChI=1S/C16H14ClN3OS/c1-20(10-11-4-6-12(17)7-5-11)16(21)14-9-13(18-19-14)15-3-2-8-22-15/h2-9H,10H2,1H3,(H,18,19). The van der Waals surface area contributed by atoms with Crippen molar-refractivity contribution in [2.24, 2.45) is 0 Å². The van der Waals surface area contributed by atoms with Crippen molar-refractivity contribution in [1.82, 2.24) is 15.1 Å². The Balaban J connectivity index is 1.72. The molecule has 0 saturated heterocycles. The normalized spacial score (nSPS) is 10.6. The lowest BCUT2D eigenvalue weighted by atomic mass is 10.2. The highest BCUT2D eigenvalue weighted by molar-refractivity contribution is 7.13. The fourth-order valence-electron chi connectivity index (χ4n) is 2.12. The zero-order chi connectivity index (χ0) is 15.5. The first kappa shape index (κ1) is 14.8. The number of benzene rings is 1. The molecule has 3 rings (SSSR count). The number of H-pyrrole nitrogens is 1. The smallest absolute Gasteiger partial charge is 0.274 e. The molecule has 0 saturated carbocycles. The number of aromatic amines is 1. The molecule has 1 N–H and O–H groups in total. The Morgan fingerprint density at radius 1 is 1.32 bits per heavy atom. The van der Waals surface area contributed by atoms with Gasteiger partial charge in [-0.3, -0.25) is 9.89 Å². The SMILES string of the molecule is CN(Cc1ccc(Cl)cc1)C(=O)c1cc(-c2cccs2)[nH]n1. The van der Waals surface area contributed by atoms with E-state index >= 15 is 0 Å². The van der Waals surface area contributed by atoms with Crippen molar-refractivity contribution in [2.45, 2.75) is 6.54 Å². The number of aromatic nitrogens is 2. The van der Waals surface area contributed by atoms with Crippen LogP contribution in [0, 0.1) is 0 Å². The summed E-state index contributed by atoms with van der Waals surface area (Å²) in [4.78, 5) is 15.1. The molecule has 0 spiro atoms. The van der Waals surface area contributed by atoms with Crippen LogP contribution in [0.5, 0.6) is 0 Å². The maximum atomic E-state index is 12.4. The van der Waals surface area contributed by atoms with E-state index in [1.165, 1.54) is 0 Å². The van der Waals surface area contributed by atoms with Crippen molar-refractivity contribution >= 4 is 28.8 Å². The third kappa shape index (κ3) is 3.21. The van der Waals surface area contributed by atoms with Gasteiger partial charge in [-0.05, 0) is 35.2 Å². The number of hydrogen-bond acceptors (Lipinski definition) is 3. The number of amides is 1. The molecule has 1 aromatic carbocycles. The van der Waals surface area contributed by atoms with Gasteiger partial charge in [-0.25, -0.2) is 0 Å². The minimum Gasteiger partial charge on any atom is -0.336 e. The van der Waals surface area contributed by atoms with E-state index in [9.17, 15) is 4.79 Å². The van der Waals surface area contributed by atoms with E-state index in [2.05, 4.69) is 10.2 Å². The molecular weight excluding hydrogens is 318 g/mol. The molecule has 6 heteroatoms. The molecule has 4 nitrogen and oxygen atoms in total. The largest absolute Gasteiger partial charge is 0.336 e. The summed E-state index contributed by atoms with van der Waals surface area (Å²) in [7, 11) is 1.76. The number of nitrogens with one attached hydrogen (secondary N) is 1. The van der Waals surface area contributed by atoms with Gasteiger partial charge in [0.2, 0.25) is 0 Å². The second-order valence-electron chi connectivity index (χ2n) is 4.93. The Labute approximate surface area is 137 Å². The van der Waals surface area contributed by atoms with Crippen LogP contribution in [0.3, 0.4) is 0 Å². The van der Waals surface area contributed by atoms with E-state index < -0.39 is 0 Å². The molecule has 0 aliphatic rings. The van der Waals surface area contributed by atoms with Crippen LogP contribution in [-0.4, -0.2) is 28.1 Å². The van der Waals surface area contributed by atoms with Crippen LogP contribution in [0.15, 0.2) is 47.8 Å². The molecule has 0 fully saturated rings. The number of carbonyl (C=O) groups is 1. The van der Waals surface area contributed by atoms with Gasteiger partial charge in [0.25, 0.3) is 5.91 Å². The zero-order valence-corrected chi connectivity index (χ0v) is 13.5. The third-order valence-electron chi connectivity index (χ3n) is 3.26. The van der Waals surface area contributed by atoms with Gasteiger partial charge in [0.05, 0.1) is 10.6 Å². The zero-order valence-electron chi connectivity index (χ0n) is 11.9. The fraction of sp³-hybridized carbons (Fsp3) is 0.125. The summed E-state index contributed by atoms with van der Waals surface area (Å²) in [6, 6.07) is 13.2. The quantitative estimate of drug-likeness (QED) is 0.783. The molecule has 0 radical (unpaired) electrons. The molecule has 3 aromatic rings. The molecule has 0 aliphatic carbocycles. The average Bonchev–Trinajstić information content (AvgIpc) is 3.19. The predicted octanol–water partition coefficient (Wildman–Crippen LogP) is 4.06. The van der Waals surface area contributed by atoms with Crippen molar-refractivity contribution in [2.75, 3.05) is 7.05 Å². The van der Waals surface area contributed by atoms with Crippen molar-refractivity contribution in [1.29, 1.82) is 0 Å². The van der Waals surface area contributed by atoms with Gasteiger partial charge in [0.1, 0.15) is 0 Å². The maximum absolute atomic E-state index is 12.4. The lowest BCUT2D eigenvalue weighted by Gasteiger charge is -2.15. The summed E-state index contributed by atoms with van der Waals surface area (Å²) in [6.07, 6.45) is 0. The summed E-state index contributed by atoms with van der Waals surface area (Å²) in [5.41, 5.74) is 2.30. The number of carbonyl (C=O) groups excluding carboxylic acids is 1. The molecule has 0 aliphatic heterocycles. The molecule has 0 bridgehead atoms. The number of rotatable bonds is 4. The Morgan fingerprint density at radius 2 is 2.09 bits per heavy atom. The third-order valence-corrected chi connectivity index (χ3v) is 4.42. The Morgan fingerprint density at radius 3 is 2.77 bits per heavy atom. The Hall–Kier alpha value is -2.11. The lowest BCUT2D eigenvalue weighted by molar-refractivity contribution is 0.0779. The van der Waals surface area contributed by atoms with Crippen molar-refractivity contribution in [3.8, 4) is 10.6 Å². The summed E-state index contributed by atoms with van der Waals surface area (Å²) >= 11 is 7.47. The minimum absolute atomic E-state index is 0.117. The van der Waals surface area contributed by atoms with E-state index in [1.807, 2.05) is 41.8 Å². The topological polar surface area (TPSA) is 49.0 Å². The van der Waals surface area contributed by atoms with Gasteiger partial charge in [-0.2, -0.15) is 5.10 Å². The average molecular weight is 332 g/mol. The van der Waals surface area contributed by atoms with E-state index in [4.69, 9.17) is 11.6 Å². The Bertz CT molecular complexity index is 765. The Kier molecular flexibility index (Phi) is 4.27. The molecule has 1 amide bonds. The lowest BCUT2D eigenvalue weighted by Crippen LogP contribution is -2.26. The van der Waals surface area contributed by atoms with Gasteiger partial charge in [-0.15, -0.1) is 11.3 Å². The van der Waals surface area contributed by atoms with Crippen LogP contribution in [0.25, 0.3) is 10.6 Å². The maximum Gasteiger partial charge on any atom is 0.274 e. The van der Waals surface area contributed by atoms with Crippen LogP contribution in [-0.2, 0) is 6.54 Å².